The lowest BCUT2D eigenvalue weighted by Gasteiger charge is -2.35. The number of ether oxygens (including phenoxy) is 1. The fourth-order valence-electron chi connectivity index (χ4n) is 5.01. The average molecular weight is 573 g/mol. The number of likely N-dealkylation sites (N-methyl/N-ethyl adjacent to an activating group) is 1. The first-order chi connectivity index (χ1) is 19.5. The molecule has 0 bridgehead atoms. The monoisotopic (exact) mass is 572 g/mol. The van der Waals surface area contributed by atoms with Gasteiger partial charge in [-0.25, -0.2) is 4.39 Å². The third kappa shape index (κ3) is 7.94. The van der Waals surface area contributed by atoms with Crippen LogP contribution in [-0.2, 0) is 16.0 Å². The Hall–Kier alpha value is -3.25. The van der Waals surface area contributed by atoms with Gasteiger partial charge in [-0.2, -0.15) is 0 Å². The molecular formula is C30H41FN4O6. The number of aliphatic hydroxyl groups excluding tert-OH is 2. The molecule has 41 heavy (non-hydrogen) atoms. The Morgan fingerprint density at radius 1 is 1.10 bits per heavy atom. The van der Waals surface area contributed by atoms with Crippen molar-refractivity contribution in [2.75, 3.05) is 20.1 Å². The van der Waals surface area contributed by atoms with Gasteiger partial charge < -0.3 is 35.6 Å². The highest BCUT2D eigenvalue weighted by atomic mass is 19.1. The Labute approximate surface area is 239 Å². The maximum atomic E-state index is 13.5. The van der Waals surface area contributed by atoms with Gasteiger partial charge in [-0.05, 0) is 74.8 Å². The van der Waals surface area contributed by atoms with Gasteiger partial charge in [0, 0.05) is 26.2 Å². The molecule has 0 spiro atoms. The zero-order valence-corrected chi connectivity index (χ0v) is 23.7. The second-order valence-corrected chi connectivity index (χ2v) is 11.1. The van der Waals surface area contributed by atoms with E-state index < -0.39 is 42.2 Å². The topological polar surface area (TPSA) is 143 Å². The van der Waals surface area contributed by atoms with Crippen LogP contribution in [0.3, 0.4) is 0 Å². The van der Waals surface area contributed by atoms with Gasteiger partial charge in [0.2, 0.25) is 11.8 Å². The van der Waals surface area contributed by atoms with Gasteiger partial charge in [0.05, 0.1) is 12.1 Å². The summed E-state index contributed by atoms with van der Waals surface area (Å²) >= 11 is 0. The Morgan fingerprint density at radius 3 is 2.49 bits per heavy atom. The van der Waals surface area contributed by atoms with Gasteiger partial charge in [0.25, 0.3) is 0 Å². The molecule has 224 valence electrons. The fraction of sp³-hybridized carbons (Fsp3) is 0.533. The summed E-state index contributed by atoms with van der Waals surface area (Å²) in [7, 11) is 1.59. The number of carbonyl (C=O) groups excluding carboxylic acids is 2. The van der Waals surface area contributed by atoms with Crippen molar-refractivity contribution in [3.05, 3.63) is 59.4 Å². The van der Waals surface area contributed by atoms with Gasteiger partial charge in [-0.1, -0.05) is 18.2 Å². The number of nitrogens with one attached hydrogen (secondary N) is 3. The molecular weight excluding hydrogens is 531 g/mol. The summed E-state index contributed by atoms with van der Waals surface area (Å²) in [4.78, 5) is 28.3. The number of amides is 2. The summed E-state index contributed by atoms with van der Waals surface area (Å²) in [6.07, 6.45) is -0.151. The van der Waals surface area contributed by atoms with Gasteiger partial charge >= 0.3 is 0 Å². The third-order valence-corrected chi connectivity index (χ3v) is 7.86. The van der Waals surface area contributed by atoms with Crippen molar-refractivity contribution in [1.82, 2.24) is 20.9 Å². The van der Waals surface area contributed by atoms with Crippen LogP contribution in [0.1, 0.15) is 50.3 Å². The maximum absolute atomic E-state index is 13.5. The highest BCUT2D eigenvalue weighted by Gasteiger charge is 2.40. The number of benzene rings is 2. The number of hydrogen-bond acceptors (Lipinski definition) is 8. The number of hydrogen-bond donors (Lipinski definition) is 6. The number of phenols is 1. The molecule has 11 heteroatoms. The van der Waals surface area contributed by atoms with Gasteiger partial charge in [-0.15, -0.1) is 0 Å². The van der Waals surface area contributed by atoms with Crippen LogP contribution < -0.4 is 20.7 Å². The lowest BCUT2D eigenvalue weighted by Crippen LogP contribution is -2.59. The van der Waals surface area contributed by atoms with Crippen molar-refractivity contribution >= 4 is 11.8 Å². The van der Waals surface area contributed by atoms with Crippen LogP contribution in [-0.4, -0.2) is 82.6 Å². The zero-order valence-electron chi connectivity index (χ0n) is 23.7. The summed E-state index contributed by atoms with van der Waals surface area (Å²) in [5.41, 5.74) is 1.15. The van der Waals surface area contributed by atoms with Crippen molar-refractivity contribution in [2.24, 2.45) is 5.92 Å². The van der Waals surface area contributed by atoms with E-state index in [-0.39, 0.29) is 30.2 Å². The number of rotatable bonds is 3. The molecule has 6 atom stereocenters. The highest BCUT2D eigenvalue weighted by Crippen LogP contribution is 2.34. The molecule has 0 radical (unpaired) electrons. The van der Waals surface area contributed by atoms with E-state index in [1.807, 2.05) is 6.92 Å². The number of halogens is 1. The second-order valence-electron chi connectivity index (χ2n) is 11.1. The van der Waals surface area contributed by atoms with Gasteiger partial charge in [-0.3, -0.25) is 14.9 Å². The standard InChI is InChI=1S/C30H41FN4O6/c1-17-16-33-25(20-6-7-20)30(40)35(3)18(2)28(38)34-26(27(37)21-8-11-22(31)12-9-21)29(39)32-14-4-5-19-10-13-23(36)15-24(19)41-17/h8-13,15,17-18,20,25-28,33-34,36-38H,4-7,14,16H2,1-3H3,(H,32,39)/t17-,18-,25+,26-,27?,28?/m1/s1. The molecule has 4 rings (SSSR count). The number of aliphatic hydroxyl groups is 2. The Bertz CT molecular complexity index is 1190. The van der Waals surface area contributed by atoms with E-state index in [9.17, 15) is 29.3 Å². The predicted molar refractivity (Wildman–Crippen MR) is 151 cm³/mol. The fourth-order valence-corrected chi connectivity index (χ4v) is 5.01. The molecule has 2 amide bonds. The van der Waals surface area contributed by atoms with Crippen molar-refractivity contribution in [3.8, 4) is 11.5 Å². The summed E-state index contributed by atoms with van der Waals surface area (Å²) in [5, 5.41) is 41.2. The molecule has 2 aliphatic rings. The van der Waals surface area contributed by atoms with Crippen LogP contribution in [0.2, 0.25) is 0 Å². The summed E-state index contributed by atoms with van der Waals surface area (Å²) in [5.74, 6) is -0.480. The Balaban J connectivity index is 1.60. The smallest absolute Gasteiger partial charge is 0.240 e. The molecule has 2 unspecified atom stereocenters. The molecule has 1 fully saturated rings. The van der Waals surface area contributed by atoms with Crippen molar-refractivity contribution in [2.45, 2.75) is 76.1 Å². The second kappa shape index (κ2) is 13.6. The third-order valence-electron chi connectivity index (χ3n) is 7.86. The van der Waals surface area contributed by atoms with E-state index in [2.05, 4.69) is 16.0 Å². The average Bonchev–Trinajstić information content (AvgIpc) is 3.79. The summed E-state index contributed by atoms with van der Waals surface area (Å²) < 4.78 is 19.7. The lowest BCUT2D eigenvalue weighted by atomic mass is 10.0. The molecule has 1 saturated carbocycles. The summed E-state index contributed by atoms with van der Waals surface area (Å²) in [6.45, 7) is 4.21. The predicted octanol–water partition coefficient (Wildman–Crippen LogP) is 1.59. The van der Waals surface area contributed by atoms with E-state index in [1.165, 1.54) is 29.2 Å². The van der Waals surface area contributed by atoms with Crippen molar-refractivity contribution in [1.29, 1.82) is 0 Å². The minimum absolute atomic E-state index is 0.0725. The van der Waals surface area contributed by atoms with Crippen LogP contribution in [0.5, 0.6) is 11.5 Å². The van der Waals surface area contributed by atoms with Crippen LogP contribution in [0.15, 0.2) is 42.5 Å². The lowest BCUT2D eigenvalue weighted by molar-refractivity contribution is -0.138. The van der Waals surface area contributed by atoms with E-state index in [0.717, 1.165) is 18.4 Å². The Morgan fingerprint density at radius 2 is 1.80 bits per heavy atom. The van der Waals surface area contributed by atoms with E-state index in [4.69, 9.17) is 4.74 Å². The molecule has 2 aromatic rings. The molecule has 1 aliphatic heterocycles. The van der Waals surface area contributed by atoms with Crippen LogP contribution in [0.4, 0.5) is 4.39 Å². The number of aryl methyl sites for hydroxylation is 1. The molecule has 1 aliphatic carbocycles. The minimum Gasteiger partial charge on any atom is -0.508 e. The quantitative estimate of drug-likeness (QED) is 0.326. The van der Waals surface area contributed by atoms with Gasteiger partial charge in [0.1, 0.15) is 41.8 Å². The SMILES string of the molecule is C[C@@H]1CN[C@@H](C2CC2)C(=O)N(C)[C@H](C)C(O)N[C@H](C(O)c2ccc(F)cc2)C(=O)NCCCc2ccc(O)cc2O1. The summed E-state index contributed by atoms with van der Waals surface area (Å²) in [6, 6.07) is 7.53. The number of fused-ring (bicyclic) bond motifs is 1. The molecule has 0 aromatic heterocycles. The normalized spacial score (nSPS) is 28.0. The van der Waals surface area contributed by atoms with E-state index in [1.54, 1.807) is 32.2 Å². The molecule has 10 nitrogen and oxygen atoms in total. The van der Waals surface area contributed by atoms with Crippen LogP contribution in [0.25, 0.3) is 0 Å². The molecule has 0 saturated heterocycles. The molecule has 6 N–H and O–H groups in total. The zero-order chi connectivity index (χ0) is 29.7. The number of phenolic OH excluding ortho intramolecular Hbond substituents is 1. The first-order valence-corrected chi connectivity index (χ1v) is 14.2. The van der Waals surface area contributed by atoms with Crippen LogP contribution >= 0.6 is 0 Å². The highest BCUT2D eigenvalue weighted by molar-refractivity contribution is 5.83. The van der Waals surface area contributed by atoms with E-state index in [0.29, 0.717) is 30.7 Å². The first-order valence-electron chi connectivity index (χ1n) is 14.2. The number of carbonyl (C=O) groups is 2. The largest absolute Gasteiger partial charge is 0.508 e. The first kappa shape index (κ1) is 30.7. The van der Waals surface area contributed by atoms with Crippen molar-refractivity contribution < 1.29 is 34.0 Å². The number of aromatic hydroxyl groups is 1. The molecule has 2 aromatic carbocycles. The van der Waals surface area contributed by atoms with Crippen LogP contribution in [0, 0.1) is 11.7 Å². The van der Waals surface area contributed by atoms with Gasteiger partial charge in [0.15, 0.2) is 0 Å². The van der Waals surface area contributed by atoms with E-state index >= 15 is 0 Å². The molecule has 1 heterocycles. The number of nitrogens with zero attached hydrogens (tertiary/aromatic N) is 1. The Kier molecular flexibility index (Phi) is 10.2. The minimum atomic E-state index is -1.40. The maximum Gasteiger partial charge on any atom is 0.240 e. The van der Waals surface area contributed by atoms with Crippen molar-refractivity contribution in [3.63, 3.8) is 0 Å².